The van der Waals surface area contributed by atoms with Gasteiger partial charge in [0.15, 0.2) is 17.3 Å². The summed E-state index contributed by atoms with van der Waals surface area (Å²) in [6.07, 6.45) is 1.21. The first-order valence-corrected chi connectivity index (χ1v) is 11.6. The van der Waals surface area contributed by atoms with Crippen LogP contribution in [0.5, 0.6) is 17.2 Å². The van der Waals surface area contributed by atoms with Gasteiger partial charge in [-0.1, -0.05) is 12.1 Å². The number of nitrogens with zero attached hydrogens (tertiary/aromatic N) is 3. The van der Waals surface area contributed by atoms with Crippen LogP contribution in [-0.2, 0) is 10.0 Å². The van der Waals surface area contributed by atoms with Crippen molar-refractivity contribution in [1.29, 1.82) is 0 Å². The minimum atomic E-state index is -4.21. The molecule has 1 heterocycles. The summed E-state index contributed by atoms with van der Waals surface area (Å²) in [5, 5.41) is 15.0. The quantitative estimate of drug-likeness (QED) is 0.343. The Balaban J connectivity index is 2.12. The van der Waals surface area contributed by atoms with Crippen LogP contribution >= 0.6 is 0 Å². The van der Waals surface area contributed by atoms with Crippen molar-refractivity contribution in [1.82, 2.24) is 9.19 Å². The molecule has 2 N–H and O–H groups in total. The van der Waals surface area contributed by atoms with Gasteiger partial charge < -0.3 is 19.9 Å². The Morgan fingerprint density at radius 1 is 1.03 bits per heavy atom. The zero-order chi connectivity index (χ0) is 24.2. The number of ether oxygens (including phenoxy) is 3. The van der Waals surface area contributed by atoms with Crippen LogP contribution in [0.4, 0.5) is 11.5 Å². The van der Waals surface area contributed by atoms with Crippen molar-refractivity contribution in [2.24, 2.45) is 0 Å². The van der Waals surface area contributed by atoms with E-state index in [9.17, 15) is 18.5 Å². The Morgan fingerprint density at radius 2 is 1.64 bits per heavy atom. The number of rotatable bonds is 10. The Bertz CT molecular complexity index is 1240. The first kappa shape index (κ1) is 23.9. The Kier molecular flexibility index (Phi) is 7.07. The maximum atomic E-state index is 13.4. The van der Waals surface area contributed by atoms with Gasteiger partial charge in [0.05, 0.1) is 35.8 Å². The van der Waals surface area contributed by atoms with E-state index in [0.717, 1.165) is 4.09 Å². The standard InChI is InChI=1S/C21H24N4O7S/c1-4-30-18-11-16(12-19(31-5-2)20(18)32-6-3)33(28,29)24-13-17(21(22)23-24)14-8-7-9-15(10-14)25(26)27/h7-13H,4-6H2,1-3H3,(H2,22,23). The summed E-state index contributed by atoms with van der Waals surface area (Å²) < 4.78 is 44.3. The van der Waals surface area contributed by atoms with Crippen LogP contribution in [0.25, 0.3) is 11.1 Å². The number of nitrogen functional groups attached to an aromatic ring is 1. The number of aromatic nitrogens is 2. The lowest BCUT2D eigenvalue weighted by atomic mass is 10.1. The van der Waals surface area contributed by atoms with Crippen LogP contribution in [0.15, 0.2) is 47.5 Å². The van der Waals surface area contributed by atoms with Crippen molar-refractivity contribution >= 4 is 21.5 Å². The number of benzene rings is 2. The molecule has 2 aromatic carbocycles. The SMILES string of the molecule is CCOc1cc(S(=O)(=O)n2cc(-c3cccc([N+](=O)[O-])c3)c(N)n2)cc(OCC)c1OCC. The number of nitrogens with two attached hydrogens (primary N) is 1. The van der Waals surface area contributed by atoms with E-state index in [1.807, 2.05) is 0 Å². The van der Waals surface area contributed by atoms with Crippen LogP contribution in [0, 0.1) is 10.1 Å². The molecule has 0 saturated heterocycles. The highest BCUT2D eigenvalue weighted by Crippen LogP contribution is 2.41. The lowest BCUT2D eigenvalue weighted by Gasteiger charge is -2.17. The molecule has 0 saturated carbocycles. The predicted octanol–water partition coefficient (Wildman–Crippen LogP) is 3.47. The summed E-state index contributed by atoms with van der Waals surface area (Å²) in [6, 6.07) is 8.34. The van der Waals surface area contributed by atoms with Gasteiger partial charge in [0, 0.05) is 29.8 Å². The van der Waals surface area contributed by atoms with Crippen LogP contribution in [0.1, 0.15) is 20.8 Å². The van der Waals surface area contributed by atoms with Gasteiger partial charge in [0.2, 0.25) is 5.75 Å². The highest BCUT2D eigenvalue weighted by Gasteiger charge is 2.26. The van der Waals surface area contributed by atoms with Crippen molar-refractivity contribution < 1.29 is 27.6 Å². The molecule has 0 aliphatic rings. The molecule has 0 aliphatic carbocycles. The maximum absolute atomic E-state index is 13.4. The van der Waals surface area contributed by atoms with E-state index in [4.69, 9.17) is 19.9 Å². The van der Waals surface area contributed by atoms with E-state index in [1.54, 1.807) is 26.8 Å². The Hall–Kier alpha value is -3.80. The summed E-state index contributed by atoms with van der Waals surface area (Å²) in [5.41, 5.74) is 6.40. The summed E-state index contributed by atoms with van der Waals surface area (Å²) in [7, 11) is -4.21. The van der Waals surface area contributed by atoms with Gasteiger partial charge in [-0.15, -0.1) is 5.10 Å². The second-order valence-corrected chi connectivity index (χ2v) is 8.46. The molecule has 0 aliphatic heterocycles. The van der Waals surface area contributed by atoms with Gasteiger partial charge in [0.1, 0.15) is 0 Å². The van der Waals surface area contributed by atoms with Gasteiger partial charge >= 0.3 is 0 Å². The molecule has 176 valence electrons. The molecule has 12 heteroatoms. The van der Waals surface area contributed by atoms with Crippen molar-refractivity contribution in [2.45, 2.75) is 25.7 Å². The number of non-ortho nitro benzene ring substituents is 1. The third-order valence-electron chi connectivity index (χ3n) is 4.52. The summed E-state index contributed by atoms with van der Waals surface area (Å²) in [6.45, 7) is 6.20. The summed E-state index contributed by atoms with van der Waals surface area (Å²) in [5.74, 6) is 0.628. The highest BCUT2D eigenvalue weighted by atomic mass is 32.2. The zero-order valence-electron chi connectivity index (χ0n) is 18.3. The minimum Gasteiger partial charge on any atom is -0.490 e. The van der Waals surface area contributed by atoms with Crippen molar-refractivity contribution in [3.05, 3.63) is 52.7 Å². The molecule has 0 spiro atoms. The van der Waals surface area contributed by atoms with Crippen molar-refractivity contribution in [3.8, 4) is 28.4 Å². The molecular formula is C21H24N4O7S. The van der Waals surface area contributed by atoms with Crippen LogP contribution < -0.4 is 19.9 Å². The molecule has 0 atom stereocenters. The number of anilines is 1. The molecule has 0 unspecified atom stereocenters. The van der Waals surface area contributed by atoms with E-state index in [-0.39, 0.29) is 46.7 Å². The topological polar surface area (TPSA) is 149 Å². The van der Waals surface area contributed by atoms with Gasteiger partial charge in [-0.05, 0) is 26.3 Å². The molecule has 33 heavy (non-hydrogen) atoms. The van der Waals surface area contributed by atoms with E-state index in [1.165, 1.54) is 36.5 Å². The average molecular weight is 477 g/mol. The van der Waals surface area contributed by atoms with Gasteiger partial charge in [0.25, 0.3) is 15.7 Å². The monoisotopic (exact) mass is 476 g/mol. The number of hydrogen-bond donors (Lipinski definition) is 1. The van der Waals surface area contributed by atoms with Crippen LogP contribution in [-0.4, -0.2) is 42.3 Å². The normalized spacial score (nSPS) is 11.2. The lowest BCUT2D eigenvalue weighted by molar-refractivity contribution is -0.384. The maximum Gasteiger partial charge on any atom is 0.283 e. The van der Waals surface area contributed by atoms with Gasteiger partial charge in [-0.2, -0.15) is 12.5 Å². The van der Waals surface area contributed by atoms with Crippen LogP contribution in [0.3, 0.4) is 0 Å². The number of nitro groups is 1. The fourth-order valence-corrected chi connectivity index (χ4v) is 4.29. The van der Waals surface area contributed by atoms with Crippen LogP contribution in [0.2, 0.25) is 0 Å². The number of nitro benzene ring substituents is 1. The molecule has 0 radical (unpaired) electrons. The zero-order valence-corrected chi connectivity index (χ0v) is 19.2. The molecule has 0 amide bonds. The smallest absolute Gasteiger partial charge is 0.283 e. The van der Waals surface area contributed by atoms with E-state index < -0.39 is 14.9 Å². The van der Waals surface area contributed by atoms with E-state index >= 15 is 0 Å². The van der Waals surface area contributed by atoms with Crippen molar-refractivity contribution in [2.75, 3.05) is 25.6 Å². The largest absolute Gasteiger partial charge is 0.490 e. The van der Waals surface area contributed by atoms with Crippen molar-refractivity contribution in [3.63, 3.8) is 0 Å². The third-order valence-corrected chi connectivity index (χ3v) is 6.03. The Labute approximate surface area is 190 Å². The van der Waals surface area contributed by atoms with E-state index in [2.05, 4.69) is 5.10 Å². The minimum absolute atomic E-state index is 0.0972. The fraction of sp³-hybridized carbons (Fsp3) is 0.286. The average Bonchev–Trinajstić information content (AvgIpc) is 3.18. The second-order valence-electron chi connectivity index (χ2n) is 6.66. The van der Waals surface area contributed by atoms with E-state index in [0.29, 0.717) is 17.9 Å². The summed E-state index contributed by atoms with van der Waals surface area (Å²) >= 11 is 0. The number of hydrogen-bond acceptors (Lipinski definition) is 9. The molecule has 0 fully saturated rings. The molecule has 3 aromatic rings. The Morgan fingerprint density at radius 3 is 2.18 bits per heavy atom. The third kappa shape index (κ3) is 4.85. The molecular weight excluding hydrogens is 452 g/mol. The summed E-state index contributed by atoms with van der Waals surface area (Å²) in [4.78, 5) is 10.4. The highest BCUT2D eigenvalue weighted by molar-refractivity contribution is 7.89. The predicted molar refractivity (Wildman–Crippen MR) is 121 cm³/mol. The second kappa shape index (κ2) is 9.77. The first-order valence-electron chi connectivity index (χ1n) is 10.1. The molecule has 0 bridgehead atoms. The van der Waals surface area contributed by atoms with Gasteiger partial charge in [-0.25, -0.2) is 0 Å². The lowest BCUT2D eigenvalue weighted by Crippen LogP contribution is -2.15. The first-order chi connectivity index (χ1) is 15.7. The fourth-order valence-electron chi connectivity index (χ4n) is 3.12. The molecule has 3 rings (SSSR count). The van der Waals surface area contributed by atoms with Gasteiger partial charge in [-0.3, -0.25) is 10.1 Å². The molecule has 11 nitrogen and oxygen atoms in total. The molecule has 1 aromatic heterocycles.